The SMILES string of the molecule is CCOC(=O)c1nc(-c2ccc(Br)cc2)c(C)[nH]1. The zero-order valence-corrected chi connectivity index (χ0v) is 11.7. The molecular weight excluding hydrogens is 296 g/mol. The predicted octanol–water partition coefficient (Wildman–Crippen LogP) is 3.32. The maximum Gasteiger partial charge on any atom is 0.374 e. The fraction of sp³-hybridized carbons (Fsp3) is 0.231. The van der Waals surface area contributed by atoms with Crippen LogP contribution in [0, 0.1) is 6.92 Å². The molecule has 1 N–H and O–H groups in total. The molecule has 1 heterocycles. The third kappa shape index (κ3) is 2.61. The summed E-state index contributed by atoms with van der Waals surface area (Å²) in [6, 6.07) is 7.77. The van der Waals surface area contributed by atoms with E-state index in [1.807, 2.05) is 31.2 Å². The maximum atomic E-state index is 11.6. The molecule has 5 heteroatoms. The second-order valence-corrected chi connectivity index (χ2v) is 4.70. The minimum Gasteiger partial charge on any atom is -0.460 e. The Labute approximate surface area is 114 Å². The summed E-state index contributed by atoms with van der Waals surface area (Å²) in [5, 5.41) is 0. The van der Waals surface area contributed by atoms with Gasteiger partial charge in [0.2, 0.25) is 5.82 Å². The van der Waals surface area contributed by atoms with E-state index in [1.54, 1.807) is 6.92 Å². The first-order valence-corrected chi connectivity index (χ1v) is 6.40. The Balaban J connectivity index is 2.34. The van der Waals surface area contributed by atoms with E-state index in [4.69, 9.17) is 4.74 Å². The smallest absolute Gasteiger partial charge is 0.374 e. The van der Waals surface area contributed by atoms with Crippen LogP contribution in [0.25, 0.3) is 11.3 Å². The molecule has 1 aromatic heterocycles. The van der Waals surface area contributed by atoms with Crippen molar-refractivity contribution in [1.29, 1.82) is 0 Å². The molecule has 0 aliphatic rings. The van der Waals surface area contributed by atoms with E-state index in [0.29, 0.717) is 6.61 Å². The van der Waals surface area contributed by atoms with Gasteiger partial charge in [-0.15, -0.1) is 0 Å². The number of nitrogens with one attached hydrogen (secondary N) is 1. The number of hydrogen-bond acceptors (Lipinski definition) is 3. The Morgan fingerprint density at radius 1 is 1.39 bits per heavy atom. The normalized spacial score (nSPS) is 10.4. The molecule has 0 atom stereocenters. The number of H-pyrrole nitrogens is 1. The maximum absolute atomic E-state index is 11.6. The van der Waals surface area contributed by atoms with Crippen molar-refractivity contribution in [3.8, 4) is 11.3 Å². The predicted molar refractivity (Wildman–Crippen MR) is 72.4 cm³/mol. The van der Waals surface area contributed by atoms with Gasteiger partial charge in [-0.2, -0.15) is 0 Å². The quantitative estimate of drug-likeness (QED) is 0.885. The van der Waals surface area contributed by atoms with Crippen molar-refractivity contribution >= 4 is 21.9 Å². The molecule has 2 aromatic rings. The lowest BCUT2D eigenvalue weighted by molar-refractivity contribution is 0.0513. The lowest BCUT2D eigenvalue weighted by Gasteiger charge is -1.98. The van der Waals surface area contributed by atoms with Crippen LogP contribution in [0.3, 0.4) is 0 Å². The zero-order valence-electron chi connectivity index (χ0n) is 10.2. The van der Waals surface area contributed by atoms with Gasteiger partial charge in [0.15, 0.2) is 0 Å². The Morgan fingerprint density at radius 2 is 2.06 bits per heavy atom. The highest BCUT2D eigenvalue weighted by Gasteiger charge is 2.15. The molecule has 0 bridgehead atoms. The number of hydrogen-bond donors (Lipinski definition) is 1. The number of ether oxygens (including phenoxy) is 1. The first kappa shape index (κ1) is 12.8. The van der Waals surface area contributed by atoms with Crippen molar-refractivity contribution < 1.29 is 9.53 Å². The third-order valence-corrected chi connectivity index (χ3v) is 3.00. The molecule has 0 saturated carbocycles. The highest BCUT2D eigenvalue weighted by molar-refractivity contribution is 9.10. The van der Waals surface area contributed by atoms with E-state index in [1.165, 1.54) is 0 Å². The number of carbonyl (C=O) groups excluding carboxylic acids is 1. The van der Waals surface area contributed by atoms with Gasteiger partial charge in [0, 0.05) is 15.7 Å². The van der Waals surface area contributed by atoms with Crippen molar-refractivity contribution in [3.63, 3.8) is 0 Å². The van der Waals surface area contributed by atoms with Crippen LogP contribution in [0.2, 0.25) is 0 Å². The van der Waals surface area contributed by atoms with Crippen molar-refractivity contribution in [2.45, 2.75) is 13.8 Å². The minimum absolute atomic E-state index is 0.243. The molecule has 0 radical (unpaired) electrons. The van der Waals surface area contributed by atoms with Crippen molar-refractivity contribution in [1.82, 2.24) is 9.97 Å². The Morgan fingerprint density at radius 3 is 2.67 bits per heavy atom. The average molecular weight is 309 g/mol. The lowest BCUT2D eigenvalue weighted by atomic mass is 10.1. The number of esters is 1. The van der Waals surface area contributed by atoms with Gasteiger partial charge in [-0.3, -0.25) is 0 Å². The van der Waals surface area contributed by atoms with E-state index in [2.05, 4.69) is 25.9 Å². The molecule has 0 spiro atoms. The van der Waals surface area contributed by atoms with Crippen LogP contribution >= 0.6 is 15.9 Å². The summed E-state index contributed by atoms with van der Waals surface area (Å²) in [7, 11) is 0. The fourth-order valence-electron chi connectivity index (χ4n) is 1.65. The molecule has 18 heavy (non-hydrogen) atoms. The summed E-state index contributed by atoms with van der Waals surface area (Å²) in [6.45, 7) is 3.99. The first-order valence-electron chi connectivity index (χ1n) is 5.61. The van der Waals surface area contributed by atoms with E-state index in [-0.39, 0.29) is 5.82 Å². The Bertz CT molecular complexity index is 561. The van der Waals surface area contributed by atoms with Gasteiger partial charge >= 0.3 is 5.97 Å². The average Bonchev–Trinajstić information content (AvgIpc) is 2.73. The van der Waals surface area contributed by atoms with Crippen molar-refractivity contribution in [3.05, 3.63) is 40.3 Å². The standard InChI is InChI=1S/C13H13BrN2O2/c1-3-18-13(17)12-15-8(2)11(16-12)9-4-6-10(14)7-5-9/h4-7H,3H2,1-2H3,(H,15,16). The fourth-order valence-corrected chi connectivity index (χ4v) is 1.91. The summed E-state index contributed by atoms with van der Waals surface area (Å²) in [6.07, 6.45) is 0. The summed E-state index contributed by atoms with van der Waals surface area (Å²) in [4.78, 5) is 18.8. The van der Waals surface area contributed by atoms with Gasteiger partial charge in [0.1, 0.15) is 0 Å². The van der Waals surface area contributed by atoms with Gasteiger partial charge < -0.3 is 9.72 Å². The van der Waals surface area contributed by atoms with E-state index in [9.17, 15) is 4.79 Å². The molecule has 0 aliphatic heterocycles. The highest BCUT2D eigenvalue weighted by Crippen LogP contribution is 2.23. The lowest BCUT2D eigenvalue weighted by Crippen LogP contribution is -2.06. The topological polar surface area (TPSA) is 55.0 Å². The second-order valence-electron chi connectivity index (χ2n) is 3.79. The molecule has 2 rings (SSSR count). The number of aryl methyl sites for hydroxylation is 1. The van der Waals surface area contributed by atoms with Gasteiger partial charge in [-0.1, -0.05) is 28.1 Å². The van der Waals surface area contributed by atoms with Crippen LogP contribution in [-0.2, 0) is 4.74 Å². The van der Waals surface area contributed by atoms with E-state index in [0.717, 1.165) is 21.4 Å². The zero-order chi connectivity index (χ0) is 13.1. The number of rotatable bonds is 3. The first-order chi connectivity index (χ1) is 8.61. The Kier molecular flexibility index (Phi) is 3.81. The third-order valence-electron chi connectivity index (χ3n) is 2.47. The molecule has 94 valence electrons. The van der Waals surface area contributed by atoms with Crippen molar-refractivity contribution in [2.24, 2.45) is 0 Å². The van der Waals surface area contributed by atoms with Crippen LogP contribution in [0.15, 0.2) is 28.7 Å². The molecule has 4 nitrogen and oxygen atoms in total. The van der Waals surface area contributed by atoms with Crippen molar-refractivity contribution in [2.75, 3.05) is 6.61 Å². The van der Waals surface area contributed by atoms with Gasteiger partial charge in [0.25, 0.3) is 0 Å². The summed E-state index contributed by atoms with van der Waals surface area (Å²) in [5.41, 5.74) is 2.58. The highest BCUT2D eigenvalue weighted by atomic mass is 79.9. The number of benzene rings is 1. The number of nitrogens with zero attached hydrogens (tertiary/aromatic N) is 1. The molecule has 1 aromatic carbocycles. The van der Waals surface area contributed by atoms with Gasteiger partial charge in [-0.25, -0.2) is 9.78 Å². The van der Waals surface area contributed by atoms with Gasteiger partial charge in [0.05, 0.1) is 12.3 Å². The van der Waals surface area contributed by atoms with E-state index >= 15 is 0 Å². The van der Waals surface area contributed by atoms with Crippen LogP contribution in [-0.4, -0.2) is 22.5 Å². The molecule has 0 aliphatic carbocycles. The summed E-state index contributed by atoms with van der Waals surface area (Å²) < 4.78 is 5.92. The molecule has 0 unspecified atom stereocenters. The number of carbonyl (C=O) groups is 1. The largest absolute Gasteiger partial charge is 0.460 e. The van der Waals surface area contributed by atoms with Crippen LogP contribution in [0.4, 0.5) is 0 Å². The Hall–Kier alpha value is -1.62. The summed E-state index contributed by atoms with van der Waals surface area (Å²) >= 11 is 3.38. The molecule has 0 fully saturated rings. The second kappa shape index (κ2) is 5.35. The number of aromatic amines is 1. The molecular formula is C13H13BrN2O2. The number of aromatic nitrogens is 2. The minimum atomic E-state index is -0.427. The number of imidazole rings is 1. The molecule has 0 amide bonds. The van der Waals surface area contributed by atoms with E-state index < -0.39 is 5.97 Å². The monoisotopic (exact) mass is 308 g/mol. The number of halogens is 1. The van der Waals surface area contributed by atoms with Crippen LogP contribution < -0.4 is 0 Å². The molecule has 0 saturated heterocycles. The summed E-state index contributed by atoms with van der Waals surface area (Å²) in [5.74, 6) is -0.184. The van der Waals surface area contributed by atoms with Crippen LogP contribution in [0.5, 0.6) is 0 Å². The van der Waals surface area contributed by atoms with Crippen LogP contribution in [0.1, 0.15) is 23.2 Å². The van der Waals surface area contributed by atoms with Gasteiger partial charge in [-0.05, 0) is 26.0 Å².